The van der Waals surface area contributed by atoms with Crippen molar-refractivity contribution in [3.63, 3.8) is 0 Å². The lowest BCUT2D eigenvalue weighted by molar-refractivity contribution is 0.0529. The Morgan fingerprint density at radius 2 is 1.97 bits per heavy atom. The van der Waals surface area contributed by atoms with Crippen molar-refractivity contribution in [3.8, 4) is 6.07 Å². The Balaban J connectivity index is 1.70. The van der Waals surface area contributed by atoms with E-state index in [1.54, 1.807) is 30.0 Å². The van der Waals surface area contributed by atoms with Crippen LogP contribution in [0.25, 0.3) is 0 Å². The molecule has 0 saturated carbocycles. The molecule has 30 heavy (non-hydrogen) atoms. The van der Waals surface area contributed by atoms with Crippen molar-refractivity contribution in [2.45, 2.75) is 13.5 Å². The molecule has 1 saturated heterocycles. The van der Waals surface area contributed by atoms with Gasteiger partial charge in [-0.1, -0.05) is 23.2 Å². The van der Waals surface area contributed by atoms with Gasteiger partial charge in [-0.25, -0.2) is 4.79 Å². The van der Waals surface area contributed by atoms with E-state index in [4.69, 9.17) is 33.7 Å². The van der Waals surface area contributed by atoms with Gasteiger partial charge in [0.15, 0.2) is 0 Å². The predicted molar refractivity (Wildman–Crippen MR) is 117 cm³/mol. The molecule has 0 bridgehead atoms. The highest BCUT2D eigenvalue weighted by Crippen LogP contribution is 2.32. The average molecular weight is 467 g/mol. The Morgan fingerprint density at radius 3 is 2.57 bits per heavy atom. The molecule has 1 fully saturated rings. The van der Waals surface area contributed by atoms with Crippen LogP contribution in [0.4, 0.5) is 5.00 Å². The summed E-state index contributed by atoms with van der Waals surface area (Å²) in [4.78, 5) is 29.2. The van der Waals surface area contributed by atoms with E-state index in [-0.39, 0.29) is 12.5 Å². The number of hydrogen-bond donors (Lipinski definition) is 1. The van der Waals surface area contributed by atoms with E-state index in [1.807, 2.05) is 0 Å². The summed E-state index contributed by atoms with van der Waals surface area (Å²) in [7, 11) is 0. The van der Waals surface area contributed by atoms with Crippen LogP contribution in [0.5, 0.6) is 0 Å². The monoisotopic (exact) mass is 466 g/mol. The number of nitrogens with two attached hydrogens (primary N) is 1. The molecule has 7 nitrogen and oxygen atoms in total. The number of carbonyl (C=O) groups is 2. The summed E-state index contributed by atoms with van der Waals surface area (Å²) in [6.45, 7) is 4.51. The third kappa shape index (κ3) is 4.71. The van der Waals surface area contributed by atoms with Gasteiger partial charge in [0.1, 0.15) is 15.9 Å². The Labute approximate surface area is 188 Å². The van der Waals surface area contributed by atoms with Crippen LogP contribution in [0, 0.1) is 11.3 Å². The molecule has 2 aromatic rings. The Morgan fingerprint density at radius 1 is 1.27 bits per heavy atom. The van der Waals surface area contributed by atoms with Crippen molar-refractivity contribution in [1.82, 2.24) is 9.80 Å². The molecule has 3 rings (SSSR count). The molecule has 2 N–H and O–H groups in total. The molecule has 0 atom stereocenters. The van der Waals surface area contributed by atoms with E-state index in [9.17, 15) is 14.9 Å². The molecular formula is C20H20Cl2N4O3S. The number of amides is 1. The highest BCUT2D eigenvalue weighted by molar-refractivity contribution is 7.18. The molecule has 0 spiro atoms. The molecule has 0 unspecified atom stereocenters. The summed E-state index contributed by atoms with van der Waals surface area (Å²) in [5, 5.41) is 10.6. The zero-order valence-electron chi connectivity index (χ0n) is 16.3. The highest BCUT2D eigenvalue weighted by atomic mass is 35.5. The van der Waals surface area contributed by atoms with Crippen LogP contribution < -0.4 is 5.73 Å². The maximum atomic E-state index is 12.8. The normalized spacial score (nSPS) is 14.4. The SMILES string of the molecule is CCOC(=O)c1sc(N)c(C#N)c1CN1CCN(C(=O)c2ccc(Cl)cc2Cl)CC1. The molecule has 1 aliphatic heterocycles. The number of thiophene rings is 1. The minimum atomic E-state index is -0.475. The number of benzene rings is 1. The molecule has 0 aliphatic carbocycles. The van der Waals surface area contributed by atoms with Gasteiger partial charge in [-0.3, -0.25) is 9.69 Å². The topological polar surface area (TPSA) is 99.7 Å². The fraction of sp³-hybridized carbons (Fsp3) is 0.350. The average Bonchev–Trinajstić information content (AvgIpc) is 3.03. The van der Waals surface area contributed by atoms with Gasteiger partial charge in [-0.2, -0.15) is 5.26 Å². The number of halogens is 2. The summed E-state index contributed by atoms with van der Waals surface area (Å²) in [6.07, 6.45) is 0. The lowest BCUT2D eigenvalue weighted by Gasteiger charge is -2.35. The smallest absolute Gasteiger partial charge is 0.348 e. The molecule has 1 aromatic heterocycles. The number of ether oxygens (including phenoxy) is 1. The van der Waals surface area contributed by atoms with Gasteiger partial charge >= 0.3 is 5.97 Å². The standard InChI is InChI=1S/C20H20Cl2N4O3S/c1-2-29-20(28)17-15(14(10-23)18(24)30-17)11-25-5-7-26(8-6-25)19(27)13-4-3-12(21)9-16(13)22/h3-4,9H,2,5-8,11,24H2,1H3. The second-order valence-corrected chi connectivity index (χ2v) is 8.57. The lowest BCUT2D eigenvalue weighted by atomic mass is 10.1. The Hall–Kier alpha value is -2.31. The number of rotatable bonds is 5. The molecule has 10 heteroatoms. The molecule has 1 aliphatic rings. The Bertz CT molecular complexity index is 1010. The number of nitrogen functional groups attached to an aromatic ring is 1. The van der Waals surface area contributed by atoms with Crippen LogP contribution in [0.3, 0.4) is 0 Å². The van der Waals surface area contributed by atoms with Crippen LogP contribution >= 0.6 is 34.5 Å². The van der Waals surface area contributed by atoms with E-state index in [0.717, 1.165) is 11.3 Å². The van der Waals surface area contributed by atoms with Gasteiger partial charge in [0.05, 0.1) is 22.8 Å². The minimum absolute atomic E-state index is 0.152. The molecule has 1 aromatic carbocycles. The van der Waals surface area contributed by atoms with E-state index in [1.165, 1.54) is 0 Å². The fourth-order valence-corrected chi connectivity index (χ4v) is 4.70. The number of nitrogens with zero attached hydrogens (tertiary/aromatic N) is 3. The number of anilines is 1. The molecule has 1 amide bonds. The largest absolute Gasteiger partial charge is 0.462 e. The van der Waals surface area contributed by atoms with E-state index in [0.29, 0.717) is 69.3 Å². The van der Waals surface area contributed by atoms with Crippen molar-refractivity contribution < 1.29 is 14.3 Å². The zero-order valence-corrected chi connectivity index (χ0v) is 18.6. The van der Waals surface area contributed by atoms with Crippen LogP contribution in [0.2, 0.25) is 10.0 Å². The predicted octanol–water partition coefficient (Wildman–Crippen LogP) is 3.64. The molecule has 158 valence electrons. The first-order chi connectivity index (χ1) is 14.3. The second-order valence-electron chi connectivity index (χ2n) is 6.67. The van der Waals surface area contributed by atoms with Crippen LogP contribution in [0.1, 0.15) is 38.1 Å². The summed E-state index contributed by atoms with van der Waals surface area (Å²) in [6, 6.07) is 6.90. The van der Waals surface area contributed by atoms with Gasteiger partial charge in [-0.05, 0) is 25.1 Å². The number of hydrogen-bond acceptors (Lipinski definition) is 7. The molecule has 2 heterocycles. The number of carbonyl (C=O) groups excluding carboxylic acids is 2. The van der Waals surface area contributed by atoms with Crippen molar-refractivity contribution in [1.29, 1.82) is 5.26 Å². The maximum absolute atomic E-state index is 12.8. The summed E-state index contributed by atoms with van der Waals surface area (Å²) < 4.78 is 5.10. The van der Waals surface area contributed by atoms with Crippen molar-refractivity contribution in [2.24, 2.45) is 0 Å². The van der Waals surface area contributed by atoms with Crippen LogP contribution in [-0.4, -0.2) is 54.5 Å². The van der Waals surface area contributed by atoms with E-state index < -0.39 is 5.97 Å². The summed E-state index contributed by atoms with van der Waals surface area (Å²) in [5.74, 6) is -0.627. The molecular weight excluding hydrogens is 447 g/mol. The maximum Gasteiger partial charge on any atom is 0.348 e. The van der Waals surface area contributed by atoms with Crippen LogP contribution in [-0.2, 0) is 11.3 Å². The number of esters is 1. The third-order valence-corrected chi connectivity index (χ3v) is 6.40. The second kappa shape index (κ2) is 9.67. The Kier molecular flexibility index (Phi) is 7.21. The third-order valence-electron chi connectivity index (χ3n) is 4.81. The summed E-state index contributed by atoms with van der Waals surface area (Å²) in [5.41, 5.74) is 7.25. The first-order valence-electron chi connectivity index (χ1n) is 9.30. The highest BCUT2D eigenvalue weighted by Gasteiger charge is 2.28. The quantitative estimate of drug-likeness (QED) is 0.674. The van der Waals surface area contributed by atoms with Crippen molar-refractivity contribution in [2.75, 3.05) is 38.5 Å². The minimum Gasteiger partial charge on any atom is -0.462 e. The van der Waals surface area contributed by atoms with Crippen molar-refractivity contribution in [3.05, 3.63) is 49.8 Å². The molecule has 0 radical (unpaired) electrons. The zero-order chi connectivity index (χ0) is 21.8. The fourth-order valence-electron chi connectivity index (χ4n) is 3.29. The first-order valence-corrected chi connectivity index (χ1v) is 10.9. The van der Waals surface area contributed by atoms with Gasteiger partial charge in [0.2, 0.25) is 0 Å². The van der Waals surface area contributed by atoms with Crippen molar-refractivity contribution >= 4 is 51.4 Å². The van der Waals surface area contributed by atoms with E-state index >= 15 is 0 Å². The summed E-state index contributed by atoms with van der Waals surface area (Å²) >= 11 is 13.1. The number of nitriles is 1. The van der Waals surface area contributed by atoms with E-state index in [2.05, 4.69) is 11.0 Å². The van der Waals surface area contributed by atoms with Crippen LogP contribution in [0.15, 0.2) is 18.2 Å². The number of piperazine rings is 1. The van der Waals surface area contributed by atoms with Gasteiger partial charge in [0.25, 0.3) is 5.91 Å². The first kappa shape index (κ1) is 22.4. The lowest BCUT2D eigenvalue weighted by Crippen LogP contribution is -2.48. The van der Waals surface area contributed by atoms with Gasteiger partial charge < -0.3 is 15.4 Å². The van der Waals surface area contributed by atoms with Gasteiger partial charge in [-0.15, -0.1) is 11.3 Å². The van der Waals surface area contributed by atoms with Gasteiger partial charge in [0, 0.05) is 43.3 Å².